The molecule has 0 radical (unpaired) electrons. The van der Waals surface area contributed by atoms with Crippen LogP contribution in [-0.2, 0) is 14.3 Å². The molecule has 5 nitrogen and oxygen atoms in total. The minimum atomic E-state index is -1.16. The third-order valence-corrected chi connectivity index (χ3v) is 3.68. The molecule has 0 aliphatic carbocycles. The molecule has 124 valence electrons. The van der Waals surface area contributed by atoms with Crippen LogP contribution in [0.4, 0.5) is 0 Å². The van der Waals surface area contributed by atoms with Crippen molar-refractivity contribution in [3.05, 3.63) is 71.8 Å². The van der Waals surface area contributed by atoms with Crippen molar-refractivity contribution in [2.45, 2.75) is 6.10 Å². The van der Waals surface area contributed by atoms with Gasteiger partial charge in [0.2, 0.25) is 0 Å². The highest BCUT2D eigenvalue weighted by Gasteiger charge is 2.24. The van der Waals surface area contributed by atoms with E-state index < -0.39 is 18.0 Å². The number of carbonyl (C=O) groups is 3. The molecule has 2 aromatic carbocycles. The van der Waals surface area contributed by atoms with E-state index in [9.17, 15) is 14.4 Å². The lowest BCUT2D eigenvalue weighted by Crippen LogP contribution is -2.33. The van der Waals surface area contributed by atoms with E-state index in [4.69, 9.17) is 9.47 Å². The second-order valence-electron chi connectivity index (χ2n) is 4.82. The first kappa shape index (κ1) is 17.9. The molecule has 6 heteroatoms. The second kappa shape index (κ2) is 8.98. The Bertz CT molecular complexity index is 700. The van der Waals surface area contributed by atoms with E-state index in [1.165, 1.54) is 0 Å². The summed E-state index contributed by atoms with van der Waals surface area (Å²) in [6.07, 6.45) is -1.16. The molecule has 2 aromatic rings. The quantitative estimate of drug-likeness (QED) is 0.536. The Kier molecular flexibility index (Phi) is 6.69. The predicted molar refractivity (Wildman–Crippen MR) is 91.2 cm³/mol. The zero-order chi connectivity index (χ0) is 17.4. The first-order valence-electron chi connectivity index (χ1n) is 7.18. The van der Waals surface area contributed by atoms with Crippen molar-refractivity contribution in [1.82, 2.24) is 0 Å². The van der Waals surface area contributed by atoms with E-state index >= 15 is 0 Å². The van der Waals surface area contributed by atoms with Crippen molar-refractivity contribution >= 4 is 33.7 Å². The predicted octanol–water partition coefficient (Wildman–Crippen LogP) is 3.03. The summed E-state index contributed by atoms with van der Waals surface area (Å²) in [7, 11) is 0. The van der Waals surface area contributed by atoms with Gasteiger partial charge in [-0.1, -0.05) is 52.3 Å². The summed E-state index contributed by atoms with van der Waals surface area (Å²) in [5.74, 6) is -1.62. The molecule has 0 saturated carbocycles. The number of halogens is 1. The van der Waals surface area contributed by atoms with E-state index in [0.717, 1.165) is 0 Å². The van der Waals surface area contributed by atoms with Crippen molar-refractivity contribution < 1.29 is 23.9 Å². The van der Waals surface area contributed by atoms with E-state index in [2.05, 4.69) is 15.9 Å². The summed E-state index contributed by atoms with van der Waals surface area (Å²) in [6, 6.07) is 16.7. The molecule has 0 aliphatic heterocycles. The maximum atomic E-state index is 12.1. The molecule has 1 atom stereocenters. The number of hydrogen-bond acceptors (Lipinski definition) is 5. The molecule has 0 aromatic heterocycles. The minimum absolute atomic E-state index is 0.0113. The topological polar surface area (TPSA) is 69.7 Å². The number of rotatable bonds is 7. The van der Waals surface area contributed by atoms with E-state index in [-0.39, 0.29) is 17.7 Å². The van der Waals surface area contributed by atoms with Crippen LogP contribution >= 0.6 is 15.9 Å². The molecule has 0 heterocycles. The summed E-state index contributed by atoms with van der Waals surface area (Å²) in [6.45, 7) is -0.337. The van der Waals surface area contributed by atoms with E-state index in [0.29, 0.717) is 11.1 Å². The van der Waals surface area contributed by atoms with Crippen LogP contribution in [0.5, 0.6) is 0 Å². The third-order valence-electron chi connectivity index (χ3n) is 3.12. The Morgan fingerprint density at radius 1 is 0.833 bits per heavy atom. The maximum Gasteiger partial charge on any atom is 0.338 e. The third kappa shape index (κ3) is 5.03. The highest BCUT2D eigenvalue weighted by atomic mass is 79.9. The van der Waals surface area contributed by atoms with Crippen LogP contribution in [0, 0.1) is 0 Å². The molecular formula is C18H15BrO5. The summed E-state index contributed by atoms with van der Waals surface area (Å²) in [5.41, 5.74) is 0.677. The zero-order valence-electron chi connectivity index (χ0n) is 12.7. The number of Topliss-reactive ketones (excluding diaryl/α,β-unsaturated/α-hetero) is 1. The van der Waals surface area contributed by atoms with Gasteiger partial charge in [-0.05, 0) is 24.3 Å². The Morgan fingerprint density at radius 3 is 1.83 bits per heavy atom. The fourth-order valence-electron chi connectivity index (χ4n) is 1.86. The molecular weight excluding hydrogens is 376 g/mol. The van der Waals surface area contributed by atoms with Gasteiger partial charge < -0.3 is 9.47 Å². The van der Waals surface area contributed by atoms with Crippen molar-refractivity contribution in [3.8, 4) is 0 Å². The van der Waals surface area contributed by atoms with Gasteiger partial charge in [-0.3, -0.25) is 4.79 Å². The van der Waals surface area contributed by atoms with Gasteiger partial charge in [0.15, 0.2) is 11.9 Å². The number of ketones is 1. The Balaban J connectivity index is 2.00. The van der Waals surface area contributed by atoms with Gasteiger partial charge in [-0.2, -0.15) is 0 Å². The summed E-state index contributed by atoms with van der Waals surface area (Å²) < 4.78 is 10.3. The van der Waals surface area contributed by atoms with Crippen LogP contribution in [0.3, 0.4) is 0 Å². The SMILES string of the molecule is O=C(OC[C@@H](OC(=O)c1ccccc1)C(=O)CBr)c1ccccc1. The number of hydrogen-bond donors (Lipinski definition) is 0. The average molecular weight is 391 g/mol. The Morgan fingerprint density at radius 2 is 1.33 bits per heavy atom. The molecule has 0 spiro atoms. The molecule has 0 unspecified atom stereocenters. The largest absolute Gasteiger partial charge is 0.458 e. The number of carbonyl (C=O) groups excluding carboxylic acids is 3. The van der Waals surface area contributed by atoms with Crippen molar-refractivity contribution in [2.75, 3.05) is 11.9 Å². The number of ether oxygens (including phenoxy) is 2. The van der Waals surface area contributed by atoms with Crippen molar-refractivity contribution in [1.29, 1.82) is 0 Å². The second-order valence-corrected chi connectivity index (χ2v) is 5.39. The molecule has 0 saturated heterocycles. The van der Waals surface area contributed by atoms with Gasteiger partial charge in [0.25, 0.3) is 0 Å². The molecule has 2 rings (SSSR count). The lowest BCUT2D eigenvalue weighted by Gasteiger charge is -2.16. The Labute approximate surface area is 147 Å². The molecule has 0 N–H and O–H groups in total. The van der Waals surface area contributed by atoms with Gasteiger partial charge in [0.05, 0.1) is 16.5 Å². The van der Waals surface area contributed by atoms with Gasteiger partial charge in [0.1, 0.15) is 6.61 Å². The first-order valence-corrected chi connectivity index (χ1v) is 8.31. The minimum Gasteiger partial charge on any atom is -0.458 e. The summed E-state index contributed by atoms with van der Waals surface area (Å²) >= 11 is 3.03. The first-order chi connectivity index (χ1) is 11.6. The standard InChI is InChI=1S/C18H15BrO5/c19-11-15(20)16(24-18(22)14-9-5-2-6-10-14)12-23-17(21)13-7-3-1-4-8-13/h1-10,16H,11-12H2/t16-/m1/s1. The lowest BCUT2D eigenvalue weighted by atomic mass is 10.2. The fraction of sp³-hybridized carbons (Fsp3) is 0.167. The molecule has 24 heavy (non-hydrogen) atoms. The molecule has 0 amide bonds. The Hall–Kier alpha value is -2.47. The monoisotopic (exact) mass is 390 g/mol. The highest BCUT2D eigenvalue weighted by Crippen LogP contribution is 2.08. The molecule has 0 bridgehead atoms. The molecule has 0 aliphatic rings. The summed E-state index contributed by atoms with van der Waals surface area (Å²) in [4.78, 5) is 35.9. The van der Waals surface area contributed by atoms with Crippen molar-refractivity contribution in [2.24, 2.45) is 0 Å². The van der Waals surface area contributed by atoms with Gasteiger partial charge in [-0.25, -0.2) is 9.59 Å². The van der Waals surface area contributed by atoms with Gasteiger partial charge in [0, 0.05) is 0 Å². The van der Waals surface area contributed by atoms with Crippen molar-refractivity contribution in [3.63, 3.8) is 0 Å². The zero-order valence-corrected chi connectivity index (χ0v) is 14.3. The van der Waals surface area contributed by atoms with Crippen LogP contribution in [0.2, 0.25) is 0 Å². The van der Waals surface area contributed by atoms with E-state index in [1.807, 2.05) is 0 Å². The van der Waals surface area contributed by atoms with Gasteiger partial charge >= 0.3 is 11.9 Å². The lowest BCUT2D eigenvalue weighted by molar-refractivity contribution is -0.127. The van der Waals surface area contributed by atoms with E-state index in [1.54, 1.807) is 60.7 Å². The van der Waals surface area contributed by atoms with Gasteiger partial charge in [-0.15, -0.1) is 0 Å². The van der Waals surface area contributed by atoms with Crippen LogP contribution in [0.25, 0.3) is 0 Å². The fourth-order valence-corrected chi connectivity index (χ4v) is 2.22. The van der Waals surface area contributed by atoms with Crippen LogP contribution in [0.15, 0.2) is 60.7 Å². The number of esters is 2. The maximum absolute atomic E-state index is 12.1. The highest BCUT2D eigenvalue weighted by molar-refractivity contribution is 9.09. The van der Waals surface area contributed by atoms with Crippen LogP contribution in [-0.4, -0.2) is 35.8 Å². The smallest absolute Gasteiger partial charge is 0.338 e. The van der Waals surface area contributed by atoms with Crippen LogP contribution in [0.1, 0.15) is 20.7 Å². The normalized spacial score (nSPS) is 11.4. The summed E-state index contributed by atoms with van der Waals surface area (Å²) in [5, 5.41) is -0.0113. The molecule has 0 fully saturated rings. The van der Waals surface area contributed by atoms with Crippen LogP contribution < -0.4 is 0 Å². The number of alkyl halides is 1. The average Bonchev–Trinajstić information content (AvgIpc) is 2.65. The number of benzene rings is 2.